The molecular weight excluding hydrogens is 268 g/mol. The van der Waals surface area contributed by atoms with Crippen LogP contribution in [0, 0.1) is 11.6 Å². The molecule has 2 nitrogen and oxygen atoms in total. The summed E-state index contributed by atoms with van der Waals surface area (Å²) in [6.45, 7) is 0.727. The fourth-order valence-electron chi connectivity index (χ4n) is 2.31. The van der Waals surface area contributed by atoms with Crippen LogP contribution in [-0.4, -0.2) is 41.1 Å². The van der Waals surface area contributed by atoms with Crippen LogP contribution in [0.2, 0.25) is 0 Å². The highest BCUT2D eigenvalue weighted by molar-refractivity contribution is 7.99. The molecule has 0 amide bonds. The third-order valence-corrected chi connectivity index (χ3v) is 4.70. The minimum Gasteiger partial charge on any atom is -0.388 e. The zero-order valence-electron chi connectivity index (χ0n) is 11.0. The Hall–Kier alpha value is -0.650. The minimum absolute atomic E-state index is 0.312. The molecule has 1 aliphatic heterocycles. The van der Waals surface area contributed by atoms with E-state index in [1.807, 2.05) is 18.8 Å². The minimum atomic E-state index is -0.818. The number of benzene rings is 1. The van der Waals surface area contributed by atoms with Crippen molar-refractivity contribution in [3.63, 3.8) is 0 Å². The lowest BCUT2D eigenvalue weighted by atomic mass is 10.1. The number of hydrogen-bond donors (Lipinski definition) is 1. The topological polar surface area (TPSA) is 23.5 Å². The molecule has 0 aliphatic carbocycles. The Morgan fingerprint density at radius 3 is 2.63 bits per heavy atom. The van der Waals surface area contributed by atoms with E-state index in [1.54, 1.807) is 0 Å². The highest BCUT2D eigenvalue weighted by Crippen LogP contribution is 2.23. The van der Waals surface area contributed by atoms with E-state index in [1.165, 1.54) is 24.3 Å². The van der Waals surface area contributed by atoms with Crippen LogP contribution in [0.3, 0.4) is 0 Å². The Balaban J connectivity index is 1.87. The van der Waals surface area contributed by atoms with Crippen molar-refractivity contribution in [3.8, 4) is 0 Å². The van der Waals surface area contributed by atoms with Gasteiger partial charge < -0.3 is 10.0 Å². The molecule has 1 aliphatic rings. The van der Waals surface area contributed by atoms with E-state index in [2.05, 4.69) is 4.90 Å². The van der Waals surface area contributed by atoms with Gasteiger partial charge in [0.25, 0.3) is 0 Å². The second kappa shape index (κ2) is 6.68. The van der Waals surface area contributed by atoms with Crippen molar-refractivity contribution in [1.82, 2.24) is 4.90 Å². The Bertz CT molecular complexity index is 404. The van der Waals surface area contributed by atoms with Gasteiger partial charge in [0.05, 0.1) is 6.10 Å². The van der Waals surface area contributed by atoms with Crippen LogP contribution in [0.15, 0.2) is 18.2 Å². The SMILES string of the molecule is CN(CCC(O)c1cc(F)cc(F)c1)C1CCSC1. The van der Waals surface area contributed by atoms with Gasteiger partial charge in [0, 0.05) is 24.4 Å². The predicted molar refractivity (Wildman–Crippen MR) is 74.3 cm³/mol. The maximum Gasteiger partial charge on any atom is 0.126 e. The largest absolute Gasteiger partial charge is 0.388 e. The van der Waals surface area contributed by atoms with Gasteiger partial charge in [0.2, 0.25) is 0 Å². The Morgan fingerprint density at radius 2 is 2.05 bits per heavy atom. The van der Waals surface area contributed by atoms with Crippen molar-refractivity contribution in [1.29, 1.82) is 0 Å². The molecule has 2 rings (SSSR count). The van der Waals surface area contributed by atoms with E-state index < -0.39 is 17.7 Å². The number of hydrogen-bond acceptors (Lipinski definition) is 3. The Labute approximate surface area is 116 Å². The van der Waals surface area contributed by atoms with Crippen LogP contribution in [0.1, 0.15) is 24.5 Å². The molecule has 1 aromatic rings. The van der Waals surface area contributed by atoms with E-state index in [9.17, 15) is 13.9 Å². The summed E-state index contributed by atoms with van der Waals surface area (Å²) in [6.07, 6.45) is 0.841. The number of aliphatic hydroxyl groups is 1. The average Bonchev–Trinajstić information content (AvgIpc) is 2.88. The van der Waals surface area contributed by atoms with E-state index in [0.717, 1.165) is 18.4 Å². The lowest BCUT2D eigenvalue weighted by Gasteiger charge is -2.24. The molecule has 0 aromatic heterocycles. The van der Waals surface area contributed by atoms with Gasteiger partial charge >= 0.3 is 0 Å². The van der Waals surface area contributed by atoms with E-state index in [0.29, 0.717) is 18.0 Å². The van der Waals surface area contributed by atoms with Crippen LogP contribution in [0.4, 0.5) is 8.78 Å². The number of halogens is 2. The molecule has 0 radical (unpaired) electrons. The second-order valence-corrected chi connectivity index (χ2v) is 6.16. The summed E-state index contributed by atoms with van der Waals surface area (Å²) in [6, 6.07) is 3.76. The molecule has 1 fully saturated rings. The highest BCUT2D eigenvalue weighted by atomic mass is 32.2. The van der Waals surface area contributed by atoms with Gasteiger partial charge in [-0.15, -0.1) is 0 Å². The molecule has 1 aromatic carbocycles. The third kappa shape index (κ3) is 4.16. The van der Waals surface area contributed by atoms with Crippen molar-refractivity contribution in [3.05, 3.63) is 35.4 Å². The monoisotopic (exact) mass is 287 g/mol. The zero-order valence-corrected chi connectivity index (χ0v) is 11.8. The number of aliphatic hydroxyl groups excluding tert-OH is 1. The summed E-state index contributed by atoms with van der Waals surface area (Å²) in [5, 5.41) is 10.00. The van der Waals surface area contributed by atoms with Crippen LogP contribution < -0.4 is 0 Å². The molecule has 1 saturated heterocycles. The smallest absolute Gasteiger partial charge is 0.126 e. The van der Waals surface area contributed by atoms with Gasteiger partial charge in [-0.3, -0.25) is 0 Å². The number of nitrogens with zero attached hydrogens (tertiary/aromatic N) is 1. The molecular formula is C14H19F2NOS. The zero-order chi connectivity index (χ0) is 13.8. The van der Waals surface area contributed by atoms with Crippen molar-refractivity contribution in [2.45, 2.75) is 25.0 Å². The van der Waals surface area contributed by atoms with Gasteiger partial charge in [-0.25, -0.2) is 8.78 Å². The van der Waals surface area contributed by atoms with E-state index in [-0.39, 0.29) is 0 Å². The molecule has 19 heavy (non-hydrogen) atoms. The molecule has 0 spiro atoms. The quantitative estimate of drug-likeness (QED) is 0.901. The van der Waals surface area contributed by atoms with Crippen LogP contribution in [-0.2, 0) is 0 Å². The molecule has 2 atom stereocenters. The summed E-state index contributed by atoms with van der Waals surface area (Å²) >= 11 is 1.94. The summed E-state index contributed by atoms with van der Waals surface area (Å²) in [7, 11) is 2.04. The average molecular weight is 287 g/mol. The predicted octanol–water partition coefficient (Wildman–Crippen LogP) is 2.83. The lowest BCUT2D eigenvalue weighted by Crippen LogP contribution is -2.32. The second-order valence-electron chi connectivity index (χ2n) is 5.01. The molecule has 0 bridgehead atoms. The maximum absolute atomic E-state index is 13.1. The van der Waals surface area contributed by atoms with Gasteiger partial charge in [0.15, 0.2) is 0 Å². The van der Waals surface area contributed by atoms with E-state index >= 15 is 0 Å². The normalized spacial score (nSPS) is 21.0. The summed E-state index contributed by atoms with van der Waals surface area (Å²) < 4.78 is 26.1. The molecule has 2 unspecified atom stereocenters. The summed E-state index contributed by atoms with van der Waals surface area (Å²) in [4.78, 5) is 2.22. The van der Waals surface area contributed by atoms with Crippen molar-refractivity contribution >= 4 is 11.8 Å². The third-order valence-electron chi connectivity index (χ3n) is 3.55. The van der Waals surface area contributed by atoms with Gasteiger partial charge in [0.1, 0.15) is 11.6 Å². The molecule has 1 heterocycles. The first-order chi connectivity index (χ1) is 9.06. The fourth-order valence-corrected chi connectivity index (χ4v) is 3.61. The lowest BCUT2D eigenvalue weighted by molar-refractivity contribution is 0.139. The molecule has 106 valence electrons. The van der Waals surface area contributed by atoms with Gasteiger partial charge in [-0.05, 0) is 43.3 Å². The van der Waals surface area contributed by atoms with Crippen LogP contribution in [0.25, 0.3) is 0 Å². The number of rotatable bonds is 5. The van der Waals surface area contributed by atoms with Gasteiger partial charge in [-0.1, -0.05) is 0 Å². The molecule has 1 N–H and O–H groups in total. The maximum atomic E-state index is 13.1. The van der Waals surface area contributed by atoms with Gasteiger partial charge in [-0.2, -0.15) is 11.8 Å². The van der Waals surface area contributed by atoms with Crippen molar-refractivity contribution in [2.24, 2.45) is 0 Å². The summed E-state index contributed by atoms with van der Waals surface area (Å²) in [5.41, 5.74) is 0.312. The first-order valence-corrected chi connectivity index (χ1v) is 7.64. The first kappa shape index (κ1) is 14.8. The fraction of sp³-hybridized carbons (Fsp3) is 0.571. The van der Waals surface area contributed by atoms with E-state index in [4.69, 9.17) is 0 Å². The van der Waals surface area contributed by atoms with Crippen molar-refractivity contribution in [2.75, 3.05) is 25.1 Å². The Morgan fingerprint density at radius 1 is 1.37 bits per heavy atom. The highest BCUT2D eigenvalue weighted by Gasteiger charge is 2.20. The van der Waals surface area contributed by atoms with Crippen LogP contribution >= 0.6 is 11.8 Å². The summed E-state index contributed by atoms with van der Waals surface area (Å²) in [5.74, 6) is 1.03. The van der Waals surface area contributed by atoms with Crippen LogP contribution in [0.5, 0.6) is 0 Å². The molecule has 0 saturated carbocycles. The Kier molecular flexibility index (Phi) is 5.19. The standard InChI is InChI=1S/C14H19F2NOS/c1-17(13-3-5-19-9-13)4-2-14(18)10-6-11(15)8-12(16)7-10/h6-8,13-14,18H,2-5,9H2,1H3. The van der Waals surface area contributed by atoms with Crippen molar-refractivity contribution < 1.29 is 13.9 Å². The molecule has 5 heteroatoms. The number of thioether (sulfide) groups is 1. The first-order valence-electron chi connectivity index (χ1n) is 6.48.